The average Bonchev–Trinajstić information content (AvgIpc) is 3.25. The highest BCUT2D eigenvalue weighted by Crippen LogP contribution is 2.34. The number of hydrogen-bond acceptors (Lipinski definition) is 9. The minimum atomic E-state index is -0.960. The van der Waals surface area contributed by atoms with E-state index in [0.29, 0.717) is 5.75 Å². The summed E-state index contributed by atoms with van der Waals surface area (Å²) in [7, 11) is 2.44. The van der Waals surface area contributed by atoms with Crippen molar-refractivity contribution in [2.24, 2.45) is 0 Å². The highest BCUT2D eigenvalue weighted by Gasteiger charge is 2.50. The third kappa shape index (κ3) is 4.81. The van der Waals surface area contributed by atoms with Gasteiger partial charge in [-0.15, -0.1) is 23.5 Å². The van der Waals surface area contributed by atoms with Gasteiger partial charge in [0.05, 0.1) is 20.1 Å². The molecule has 2 amide bonds. The fourth-order valence-electron chi connectivity index (χ4n) is 2.70. The maximum atomic E-state index is 13.2. The van der Waals surface area contributed by atoms with E-state index in [9.17, 15) is 19.2 Å². The smallest absolute Gasteiger partial charge is 0.411 e. The molecule has 3 atom stereocenters. The Hall–Kier alpha value is -1.62. The van der Waals surface area contributed by atoms with Crippen LogP contribution in [0, 0.1) is 0 Å². The number of amides is 2. The van der Waals surface area contributed by atoms with Gasteiger partial charge in [-0.3, -0.25) is 9.69 Å². The lowest BCUT2D eigenvalue weighted by atomic mass is 10.2. The van der Waals surface area contributed by atoms with E-state index >= 15 is 0 Å². The van der Waals surface area contributed by atoms with Gasteiger partial charge in [0, 0.05) is 11.5 Å². The van der Waals surface area contributed by atoms with Gasteiger partial charge in [0.15, 0.2) is 5.37 Å². The summed E-state index contributed by atoms with van der Waals surface area (Å²) in [6.07, 6.45) is -0.609. The number of rotatable bonds is 3. The number of carbonyl (C=O) groups is 4. The largest absolute Gasteiger partial charge is 0.467 e. The van der Waals surface area contributed by atoms with Crippen molar-refractivity contribution in [3.63, 3.8) is 0 Å². The summed E-state index contributed by atoms with van der Waals surface area (Å²) in [4.78, 5) is 52.4. The molecule has 0 aromatic carbocycles. The summed E-state index contributed by atoms with van der Waals surface area (Å²) < 4.78 is 14.9. The molecule has 0 aromatic heterocycles. The SMILES string of the molecule is COC(=O)[C@H]1SC[C@@H](C(=O)OC)N1C(=O)[C@@H]1CSCN1C(=O)OC(C)(C)C. The third-order valence-electron chi connectivity index (χ3n) is 3.93. The second kappa shape index (κ2) is 8.59. The minimum Gasteiger partial charge on any atom is -0.467 e. The first kappa shape index (κ1) is 21.7. The summed E-state index contributed by atoms with van der Waals surface area (Å²) in [5, 5.41) is -0.960. The third-order valence-corrected chi connectivity index (χ3v) is 6.18. The van der Waals surface area contributed by atoms with Gasteiger partial charge < -0.3 is 19.1 Å². The van der Waals surface area contributed by atoms with Crippen LogP contribution in [0.15, 0.2) is 0 Å². The van der Waals surface area contributed by atoms with E-state index in [2.05, 4.69) is 0 Å². The van der Waals surface area contributed by atoms with E-state index in [1.165, 1.54) is 35.8 Å². The Morgan fingerprint density at radius 3 is 2.15 bits per heavy atom. The molecule has 2 rings (SSSR count). The molecule has 0 radical (unpaired) electrons. The van der Waals surface area contributed by atoms with Crippen LogP contribution in [0.3, 0.4) is 0 Å². The van der Waals surface area contributed by atoms with Crippen molar-refractivity contribution in [1.29, 1.82) is 0 Å². The molecule has 2 heterocycles. The minimum absolute atomic E-state index is 0.213. The second-order valence-corrected chi connectivity index (χ2v) is 9.07. The summed E-state index contributed by atoms with van der Waals surface area (Å²) in [5.41, 5.74) is -0.704. The molecule has 2 fully saturated rings. The van der Waals surface area contributed by atoms with E-state index in [-0.39, 0.29) is 11.6 Å². The summed E-state index contributed by atoms with van der Waals surface area (Å²) in [5.74, 6) is -0.892. The Bertz CT molecular complexity index is 598. The van der Waals surface area contributed by atoms with Crippen molar-refractivity contribution >= 4 is 47.5 Å². The van der Waals surface area contributed by atoms with Crippen LogP contribution >= 0.6 is 23.5 Å². The predicted octanol–water partition coefficient (Wildman–Crippen LogP) is 0.913. The van der Waals surface area contributed by atoms with Crippen LogP contribution in [0.25, 0.3) is 0 Å². The maximum Gasteiger partial charge on any atom is 0.411 e. The first-order chi connectivity index (χ1) is 12.6. The molecule has 11 heteroatoms. The predicted molar refractivity (Wildman–Crippen MR) is 100 cm³/mol. The molecule has 0 spiro atoms. The number of carbonyl (C=O) groups excluding carboxylic acids is 4. The number of methoxy groups -OCH3 is 2. The lowest BCUT2D eigenvalue weighted by Gasteiger charge is -2.32. The molecular formula is C16H24N2O7S2. The molecule has 0 aliphatic carbocycles. The van der Waals surface area contributed by atoms with E-state index < -0.39 is 47.0 Å². The van der Waals surface area contributed by atoms with Crippen LogP contribution in [0.4, 0.5) is 4.79 Å². The van der Waals surface area contributed by atoms with Crippen molar-refractivity contribution in [2.45, 2.75) is 43.8 Å². The van der Waals surface area contributed by atoms with Gasteiger partial charge in [0.2, 0.25) is 5.91 Å². The van der Waals surface area contributed by atoms with Gasteiger partial charge >= 0.3 is 18.0 Å². The molecule has 0 saturated carbocycles. The van der Waals surface area contributed by atoms with E-state index in [1.807, 2.05) is 0 Å². The zero-order valence-electron chi connectivity index (χ0n) is 15.9. The number of esters is 2. The highest BCUT2D eigenvalue weighted by molar-refractivity contribution is 8.01. The quantitative estimate of drug-likeness (QED) is 0.487. The first-order valence-electron chi connectivity index (χ1n) is 8.27. The highest BCUT2D eigenvalue weighted by atomic mass is 32.2. The number of thioether (sulfide) groups is 2. The zero-order valence-corrected chi connectivity index (χ0v) is 17.6. The van der Waals surface area contributed by atoms with Gasteiger partial charge in [-0.2, -0.15) is 0 Å². The molecule has 2 saturated heterocycles. The van der Waals surface area contributed by atoms with E-state index in [0.717, 1.165) is 11.8 Å². The Morgan fingerprint density at radius 2 is 1.59 bits per heavy atom. The Morgan fingerprint density at radius 1 is 0.963 bits per heavy atom. The lowest BCUT2D eigenvalue weighted by molar-refractivity contribution is -0.158. The molecule has 0 bridgehead atoms. The average molecular weight is 421 g/mol. The van der Waals surface area contributed by atoms with E-state index in [4.69, 9.17) is 14.2 Å². The second-order valence-electron chi connectivity index (χ2n) is 6.96. The van der Waals surface area contributed by atoms with Crippen molar-refractivity contribution < 1.29 is 33.4 Å². The fourth-order valence-corrected chi connectivity index (χ4v) is 5.13. The molecule has 9 nitrogen and oxygen atoms in total. The molecule has 0 unspecified atom stereocenters. The normalized spacial score (nSPS) is 25.3. The van der Waals surface area contributed by atoms with Crippen LogP contribution < -0.4 is 0 Å². The van der Waals surface area contributed by atoms with Gasteiger partial charge in [-0.1, -0.05) is 0 Å². The molecule has 2 aliphatic rings. The maximum absolute atomic E-state index is 13.2. The summed E-state index contributed by atoms with van der Waals surface area (Å²) >= 11 is 2.53. The van der Waals surface area contributed by atoms with Gasteiger partial charge in [-0.05, 0) is 20.8 Å². The van der Waals surface area contributed by atoms with Crippen LogP contribution in [0.2, 0.25) is 0 Å². The van der Waals surface area contributed by atoms with E-state index in [1.54, 1.807) is 20.8 Å². The standard InChI is InChI=1S/C16H24N2O7S2/c1-16(2,3)25-15(22)17-8-26-6-9(17)11(19)18-10(13(20)23-4)7-27-12(18)14(21)24-5/h9-10,12H,6-8H2,1-5H3/t9-,10-,12+/m0/s1. The Labute approximate surface area is 166 Å². The molecule has 152 valence electrons. The first-order valence-corrected chi connectivity index (χ1v) is 10.5. The van der Waals surface area contributed by atoms with Gasteiger partial charge in [0.25, 0.3) is 0 Å². The van der Waals surface area contributed by atoms with Crippen molar-refractivity contribution in [3.05, 3.63) is 0 Å². The van der Waals surface area contributed by atoms with Gasteiger partial charge in [-0.25, -0.2) is 14.4 Å². The van der Waals surface area contributed by atoms with Crippen LogP contribution in [-0.4, -0.2) is 88.4 Å². The molecular weight excluding hydrogens is 396 g/mol. The van der Waals surface area contributed by atoms with Crippen LogP contribution in [0.5, 0.6) is 0 Å². The van der Waals surface area contributed by atoms with Crippen molar-refractivity contribution in [1.82, 2.24) is 9.80 Å². The Balaban J connectivity index is 2.26. The Kier molecular flexibility index (Phi) is 6.90. The topological polar surface area (TPSA) is 102 Å². The van der Waals surface area contributed by atoms with Crippen molar-refractivity contribution in [3.8, 4) is 0 Å². The zero-order chi connectivity index (χ0) is 20.4. The summed E-state index contributed by atoms with van der Waals surface area (Å²) in [6, 6.07) is -1.74. The molecule has 2 aliphatic heterocycles. The molecule has 0 aromatic rings. The van der Waals surface area contributed by atoms with Crippen LogP contribution in [0.1, 0.15) is 20.8 Å². The number of nitrogens with zero attached hydrogens (tertiary/aromatic N) is 2. The number of hydrogen-bond donors (Lipinski definition) is 0. The van der Waals surface area contributed by atoms with Crippen molar-refractivity contribution in [2.75, 3.05) is 31.6 Å². The number of ether oxygens (including phenoxy) is 3. The molecule has 27 heavy (non-hydrogen) atoms. The van der Waals surface area contributed by atoms with Crippen LogP contribution in [-0.2, 0) is 28.6 Å². The fraction of sp³-hybridized carbons (Fsp3) is 0.750. The monoisotopic (exact) mass is 420 g/mol. The van der Waals surface area contributed by atoms with Gasteiger partial charge in [0.1, 0.15) is 17.7 Å². The molecule has 0 N–H and O–H groups in total. The summed E-state index contributed by atoms with van der Waals surface area (Å²) in [6.45, 7) is 5.22. The lowest BCUT2D eigenvalue weighted by Crippen LogP contribution is -2.56.